The second-order valence-electron chi connectivity index (χ2n) is 5.29. The number of hydrogen-bond acceptors (Lipinski definition) is 2. The number of para-hydroxylation sites is 1. The van der Waals surface area contributed by atoms with Crippen molar-refractivity contribution < 1.29 is 18.4 Å². The van der Waals surface area contributed by atoms with Gasteiger partial charge >= 0.3 is 0 Å². The van der Waals surface area contributed by atoms with Gasteiger partial charge in [0.15, 0.2) is 0 Å². The predicted molar refractivity (Wildman–Crippen MR) is 74.6 cm³/mol. The van der Waals surface area contributed by atoms with E-state index in [1.54, 1.807) is 4.90 Å². The van der Waals surface area contributed by atoms with Crippen LogP contribution in [-0.4, -0.2) is 29.3 Å². The van der Waals surface area contributed by atoms with E-state index in [1.807, 2.05) is 13.8 Å². The summed E-state index contributed by atoms with van der Waals surface area (Å²) in [6, 6.07) is 3.43. The third-order valence-corrected chi connectivity index (χ3v) is 3.86. The zero-order chi connectivity index (χ0) is 15.6. The molecule has 21 heavy (non-hydrogen) atoms. The van der Waals surface area contributed by atoms with Crippen molar-refractivity contribution in [3.8, 4) is 0 Å². The van der Waals surface area contributed by atoms with E-state index in [1.165, 1.54) is 6.07 Å². The van der Waals surface area contributed by atoms with Crippen LogP contribution in [0.1, 0.15) is 26.7 Å². The lowest BCUT2D eigenvalue weighted by atomic mass is 10.1. The molecule has 114 valence electrons. The van der Waals surface area contributed by atoms with Crippen LogP contribution < -0.4 is 5.32 Å². The maximum atomic E-state index is 13.5. The van der Waals surface area contributed by atoms with Crippen LogP contribution in [0.15, 0.2) is 18.2 Å². The van der Waals surface area contributed by atoms with Crippen LogP contribution in [0.3, 0.4) is 0 Å². The monoisotopic (exact) mass is 296 g/mol. The Balaban J connectivity index is 2.07. The Morgan fingerprint density at radius 2 is 2.05 bits per heavy atom. The Kier molecular flexibility index (Phi) is 4.55. The van der Waals surface area contributed by atoms with Gasteiger partial charge in [0.1, 0.15) is 17.3 Å². The summed E-state index contributed by atoms with van der Waals surface area (Å²) in [5.41, 5.74) is -0.461. The summed E-state index contributed by atoms with van der Waals surface area (Å²) in [6.45, 7) is 4.16. The van der Waals surface area contributed by atoms with E-state index in [-0.39, 0.29) is 24.9 Å². The first kappa shape index (κ1) is 15.4. The fourth-order valence-electron chi connectivity index (χ4n) is 2.40. The highest BCUT2D eigenvalue weighted by atomic mass is 19.1. The molecule has 1 heterocycles. The number of hydrogen-bond donors (Lipinski definition) is 1. The number of nitrogens with zero attached hydrogens (tertiary/aromatic N) is 1. The van der Waals surface area contributed by atoms with Crippen molar-refractivity contribution in [2.45, 2.75) is 32.7 Å². The average Bonchev–Trinajstić information content (AvgIpc) is 2.84. The number of rotatable bonds is 4. The van der Waals surface area contributed by atoms with E-state index in [2.05, 4.69) is 5.32 Å². The SMILES string of the molecule is CCC(C)N1CC(C(=O)Nc2c(F)cccc2F)CC1=O. The van der Waals surface area contributed by atoms with Crippen LogP contribution in [0.2, 0.25) is 0 Å². The normalized spacial score (nSPS) is 19.7. The van der Waals surface area contributed by atoms with E-state index >= 15 is 0 Å². The molecule has 2 atom stereocenters. The fraction of sp³-hybridized carbons (Fsp3) is 0.467. The standard InChI is InChI=1S/C15H18F2N2O2/c1-3-9(2)19-8-10(7-13(19)20)15(21)18-14-11(16)5-4-6-12(14)17/h4-6,9-10H,3,7-8H2,1-2H3,(H,18,21). The molecule has 2 unspecified atom stereocenters. The Morgan fingerprint density at radius 3 is 2.62 bits per heavy atom. The molecule has 0 aromatic heterocycles. The molecule has 1 aromatic rings. The predicted octanol–water partition coefficient (Wildman–Crippen LogP) is 2.55. The van der Waals surface area contributed by atoms with Crippen molar-refractivity contribution in [3.63, 3.8) is 0 Å². The molecule has 1 aromatic carbocycles. The van der Waals surface area contributed by atoms with Gasteiger partial charge in [-0.1, -0.05) is 13.0 Å². The van der Waals surface area contributed by atoms with Crippen molar-refractivity contribution in [2.75, 3.05) is 11.9 Å². The largest absolute Gasteiger partial charge is 0.339 e. The van der Waals surface area contributed by atoms with Gasteiger partial charge in [0.25, 0.3) is 0 Å². The van der Waals surface area contributed by atoms with E-state index in [0.29, 0.717) is 0 Å². The third kappa shape index (κ3) is 3.20. The Labute approximate surface area is 122 Å². The molecule has 0 aliphatic carbocycles. The number of benzene rings is 1. The minimum atomic E-state index is -0.827. The van der Waals surface area contributed by atoms with Crippen LogP contribution in [0.4, 0.5) is 14.5 Å². The summed E-state index contributed by atoms with van der Waals surface area (Å²) < 4.78 is 27.0. The molecule has 1 aliphatic rings. The Hall–Kier alpha value is -1.98. The molecule has 0 spiro atoms. The van der Waals surface area contributed by atoms with Crippen molar-refractivity contribution in [1.82, 2.24) is 4.90 Å². The van der Waals surface area contributed by atoms with Gasteiger partial charge in [-0.15, -0.1) is 0 Å². The molecule has 1 fully saturated rings. The number of halogens is 2. The first-order valence-corrected chi connectivity index (χ1v) is 6.98. The summed E-state index contributed by atoms with van der Waals surface area (Å²) >= 11 is 0. The molecule has 4 nitrogen and oxygen atoms in total. The van der Waals surface area contributed by atoms with Gasteiger partial charge in [-0.3, -0.25) is 9.59 Å². The van der Waals surface area contributed by atoms with E-state index in [0.717, 1.165) is 18.6 Å². The van der Waals surface area contributed by atoms with Gasteiger partial charge in [0, 0.05) is 19.0 Å². The van der Waals surface area contributed by atoms with Crippen molar-refractivity contribution >= 4 is 17.5 Å². The van der Waals surface area contributed by atoms with Crippen LogP contribution in [0, 0.1) is 17.6 Å². The number of nitrogens with one attached hydrogen (secondary N) is 1. The highest BCUT2D eigenvalue weighted by Crippen LogP contribution is 2.24. The van der Waals surface area contributed by atoms with Crippen LogP contribution >= 0.6 is 0 Å². The molecule has 0 radical (unpaired) electrons. The zero-order valence-corrected chi connectivity index (χ0v) is 12.0. The summed E-state index contributed by atoms with van der Waals surface area (Å²) in [5, 5.41) is 2.25. The van der Waals surface area contributed by atoms with Crippen LogP contribution in [-0.2, 0) is 9.59 Å². The number of amides is 2. The average molecular weight is 296 g/mol. The smallest absolute Gasteiger partial charge is 0.229 e. The second kappa shape index (κ2) is 6.20. The van der Waals surface area contributed by atoms with Gasteiger partial charge < -0.3 is 10.2 Å². The van der Waals surface area contributed by atoms with Crippen molar-refractivity contribution in [1.29, 1.82) is 0 Å². The molecule has 2 rings (SSSR count). The molecule has 1 N–H and O–H groups in total. The van der Waals surface area contributed by atoms with Crippen molar-refractivity contribution in [3.05, 3.63) is 29.8 Å². The van der Waals surface area contributed by atoms with E-state index in [9.17, 15) is 18.4 Å². The summed E-state index contributed by atoms with van der Waals surface area (Å²) in [7, 11) is 0. The Bertz CT molecular complexity index is 542. The lowest BCUT2D eigenvalue weighted by Crippen LogP contribution is -2.35. The lowest BCUT2D eigenvalue weighted by Gasteiger charge is -2.23. The number of carbonyl (C=O) groups is 2. The van der Waals surface area contributed by atoms with Gasteiger partial charge in [-0.2, -0.15) is 0 Å². The first-order valence-electron chi connectivity index (χ1n) is 6.98. The summed E-state index contributed by atoms with van der Waals surface area (Å²) in [5.74, 6) is -2.86. The number of carbonyl (C=O) groups excluding carboxylic acids is 2. The molecule has 0 bridgehead atoms. The van der Waals surface area contributed by atoms with Crippen LogP contribution in [0.5, 0.6) is 0 Å². The van der Waals surface area contributed by atoms with Gasteiger partial charge in [-0.25, -0.2) is 8.78 Å². The highest BCUT2D eigenvalue weighted by molar-refractivity contribution is 5.97. The molecule has 1 aliphatic heterocycles. The quantitative estimate of drug-likeness (QED) is 0.928. The highest BCUT2D eigenvalue weighted by Gasteiger charge is 2.36. The topological polar surface area (TPSA) is 49.4 Å². The molecule has 2 amide bonds. The number of likely N-dealkylation sites (tertiary alicyclic amines) is 1. The van der Waals surface area contributed by atoms with Crippen LogP contribution in [0.25, 0.3) is 0 Å². The molecular formula is C15H18F2N2O2. The third-order valence-electron chi connectivity index (χ3n) is 3.86. The van der Waals surface area contributed by atoms with Gasteiger partial charge in [0.05, 0.1) is 5.92 Å². The maximum Gasteiger partial charge on any atom is 0.229 e. The van der Waals surface area contributed by atoms with E-state index < -0.39 is 29.1 Å². The van der Waals surface area contributed by atoms with Crippen molar-refractivity contribution in [2.24, 2.45) is 5.92 Å². The minimum absolute atomic E-state index is 0.0560. The molecule has 0 saturated carbocycles. The second-order valence-corrected chi connectivity index (χ2v) is 5.29. The minimum Gasteiger partial charge on any atom is -0.339 e. The molecule has 6 heteroatoms. The number of anilines is 1. The lowest BCUT2D eigenvalue weighted by molar-refractivity contribution is -0.129. The molecule has 1 saturated heterocycles. The van der Waals surface area contributed by atoms with E-state index in [4.69, 9.17) is 0 Å². The Morgan fingerprint density at radius 1 is 1.43 bits per heavy atom. The van der Waals surface area contributed by atoms with Gasteiger partial charge in [0.2, 0.25) is 11.8 Å². The fourth-order valence-corrected chi connectivity index (χ4v) is 2.40. The summed E-state index contributed by atoms with van der Waals surface area (Å²) in [6.07, 6.45) is 0.869. The first-order chi connectivity index (χ1) is 9.93. The summed E-state index contributed by atoms with van der Waals surface area (Å²) in [4.78, 5) is 25.6. The zero-order valence-electron chi connectivity index (χ0n) is 12.0. The van der Waals surface area contributed by atoms with Gasteiger partial charge in [-0.05, 0) is 25.5 Å². The molecular weight excluding hydrogens is 278 g/mol. The maximum absolute atomic E-state index is 13.5.